The lowest BCUT2D eigenvalue weighted by Gasteiger charge is -2.38. The average molecular weight is 497 g/mol. The summed E-state index contributed by atoms with van der Waals surface area (Å²) in [7, 11) is 0. The van der Waals surface area contributed by atoms with Crippen LogP contribution in [0.5, 0.6) is 5.75 Å². The molecule has 1 aromatic heterocycles. The van der Waals surface area contributed by atoms with E-state index in [1.807, 2.05) is 21.9 Å². The van der Waals surface area contributed by atoms with E-state index in [0.717, 1.165) is 44.3 Å². The molecule has 1 aliphatic carbocycles. The number of thiophene rings is 1. The zero-order valence-corrected chi connectivity index (χ0v) is 22.5. The summed E-state index contributed by atoms with van der Waals surface area (Å²) in [5.74, 6) is 1.56. The van der Waals surface area contributed by atoms with Gasteiger partial charge in [0.15, 0.2) is 0 Å². The molecule has 2 amide bonds. The molecule has 0 radical (unpaired) electrons. The summed E-state index contributed by atoms with van der Waals surface area (Å²) in [5.41, 5.74) is 2.47. The van der Waals surface area contributed by atoms with Crippen LogP contribution in [0.1, 0.15) is 87.8 Å². The van der Waals surface area contributed by atoms with Crippen LogP contribution in [0.2, 0.25) is 0 Å². The summed E-state index contributed by atoms with van der Waals surface area (Å²) >= 11 is 1.76. The highest BCUT2D eigenvalue weighted by Gasteiger charge is 2.36. The van der Waals surface area contributed by atoms with Gasteiger partial charge in [-0.05, 0) is 73.2 Å². The molecule has 1 aromatic carbocycles. The van der Waals surface area contributed by atoms with Crippen molar-refractivity contribution in [1.82, 2.24) is 9.80 Å². The van der Waals surface area contributed by atoms with E-state index in [4.69, 9.17) is 4.74 Å². The average Bonchev–Trinajstić information content (AvgIpc) is 3.57. The van der Waals surface area contributed by atoms with E-state index in [1.54, 1.807) is 11.3 Å². The number of carbonyl (C=O) groups excluding carboxylic acids is 2. The van der Waals surface area contributed by atoms with Gasteiger partial charge in [-0.25, -0.2) is 0 Å². The number of amides is 2. The molecule has 1 saturated carbocycles. The standard InChI is InChI=1S/C29H40N2O3S/c1-5-21(4)31(29(33)23-8-6-7-9-23)18-28(32)30-16-14-27-25(15-17-35-27)26(30)19-34-24-12-10-22(11-13-24)20(2)3/h10-13,15,17,20-21,23,26H,5-9,14,16,18-19H2,1-4H3/t21-,26+/m0/s1. The van der Waals surface area contributed by atoms with Crippen LogP contribution in [0.25, 0.3) is 0 Å². The predicted molar refractivity (Wildman–Crippen MR) is 142 cm³/mol. The van der Waals surface area contributed by atoms with Crippen LogP contribution in [0.4, 0.5) is 0 Å². The van der Waals surface area contributed by atoms with Gasteiger partial charge >= 0.3 is 0 Å². The lowest BCUT2D eigenvalue weighted by atomic mass is 10.00. The van der Waals surface area contributed by atoms with Crippen molar-refractivity contribution in [3.63, 3.8) is 0 Å². The van der Waals surface area contributed by atoms with Gasteiger partial charge in [0.25, 0.3) is 0 Å². The highest BCUT2D eigenvalue weighted by atomic mass is 32.1. The zero-order chi connectivity index (χ0) is 24.9. The van der Waals surface area contributed by atoms with Crippen molar-refractivity contribution in [2.45, 2.75) is 84.2 Å². The third-order valence-corrected chi connectivity index (χ3v) is 8.78. The van der Waals surface area contributed by atoms with Gasteiger partial charge < -0.3 is 14.5 Å². The summed E-state index contributed by atoms with van der Waals surface area (Å²) in [4.78, 5) is 32.2. The molecule has 0 N–H and O–H groups in total. The molecule has 5 nitrogen and oxygen atoms in total. The molecule has 2 aliphatic rings. The van der Waals surface area contributed by atoms with Crippen molar-refractivity contribution in [3.8, 4) is 5.75 Å². The highest BCUT2D eigenvalue weighted by molar-refractivity contribution is 7.10. The Morgan fingerprint density at radius 1 is 1.11 bits per heavy atom. The first kappa shape index (κ1) is 25.7. The van der Waals surface area contributed by atoms with Crippen LogP contribution in [0.15, 0.2) is 35.7 Å². The summed E-state index contributed by atoms with van der Waals surface area (Å²) in [6.07, 6.45) is 5.84. The normalized spacial score (nSPS) is 19.0. The van der Waals surface area contributed by atoms with Crippen LogP contribution < -0.4 is 4.74 Å². The molecule has 2 aromatic rings. The molecule has 4 rings (SSSR count). The number of hydrogen-bond acceptors (Lipinski definition) is 4. The molecule has 190 valence electrons. The van der Waals surface area contributed by atoms with Crippen LogP contribution in [-0.4, -0.2) is 47.4 Å². The number of benzene rings is 1. The van der Waals surface area contributed by atoms with Gasteiger partial charge in [0.2, 0.25) is 11.8 Å². The van der Waals surface area contributed by atoms with E-state index in [-0.39, 0.29) is 36.4 Å². The first-order chi connectivity index (χ1) is 16.9. The summed E-state index contributed by atoms with van der Waals surface area (Å²) in [5, 5.41) is 2.11. The van der Waals surface area contributed by atoms with Gasteiger partial charge in [0, 0.05) is 23.4 Å². The summed E-state index contributed by atoms with van der Waals surface area (Å²) < 4.78 is 6.22. The third kappa shape index (κ3) is 5.91. The predicted octanol–water partition coefficient (Wildman–Crippen LogP) is 6.19. The van der Waals surface area contributed by atoms with E-state index in [2.05, 4.69) is 51.3 Å². The minimum atomic E-state index is -0.136. The summed E-state index contributed by atoms with van der Waals surface area (Å²) in [6, 6.07) is 10.3. The third-order valence-electron chi connectivity index (χ3n) is 7.79. The number of nitrogens with zero attached hydrogens (tertiary/aromatic N) is 2. The molecule has 2 heterocycles. The Bertz CT molecular complexity index is 994. The minimum Gasteiger partial charge on any atom is -0.491 e. The molecule has 0 unspecified atom stereocenters. The molecule has 1 fully saturated rings. The van der Waals surface area contributed by atoms with Crippen LogP contribution in [0.3, 0.4) is 0 Å². The second kappa shape index (κ2) is 11.6. The smallest absolute Gasteiger partial charge is 0.242 e. The Labute approximate surface area is 214 Å². The van der Waals surface area contributed by atoms with E-state index in [0.29, 0.717) is 19.1 Å². The van der Waals surface area contributed by atoms with Crippen molar-refractivity contribution in [3.05, 3.63) is 51.7 Å². The molecule has 6 heteroatoms. The van der Waals surface area contributed by atoms with Crippen molar-refractivity contribution in [2.24, 2.45) is 5.92 Å². The van der Waals surface area contributed by atoms with Crippen molar-refractivity contribution in [2.75, 3.05) is 19.7 Å². The topological polar surface area (TPSA) is 49.9 Å². The lowest BCUT2D eigenvalue weighted by molar-refractivity contribution is -0.146. The van der Waals surface area contributed by atoms with Crippen molar-refractivity contribution >= 4 is 23.2 Å². The number of rotatable bonds is 9. The Morgan fingerprint density at radius 3 is 2.49 bits per heavy atom. The molecular weight excluding hydrogens is 456 g/mol. The van der Waals surface area contributed by atoms with E-state index < -0.39 is 0 Å². The Balaban J connectivity index is 1.49. The lowest BCUT2D eigenvalue weighted by Crippen LogP contribution is -2.51. The largest absolute Gasteiger partial charge is 0.491 e. The van der Waals surface area contributed by atoms with Gasteiger partial charge in [-0.1, -0.05) is 45.7 Å². The first-order valence-electron chi connectivity index (χ1n) is 13.3. The molecule has 1 aliphatic heterocycles. The molecule has 0 bridgehead atoms. The van der Waals surface area contributed by atoms with Gasteiger partial charge in [0.05, 0.1) is 6.04 Å². The van der Waals surface area contributed by atoms with Crippen LogP contribution in [-0.2, 0) is 16.0 Å². The number of hydrogen-bond donors (Lipinski definition) is 0. The maximum atomic E-state index is 13.7. The monoisotopic (exact) mass is 496 g/mol. The Hall–Kier alpha value is -2.34. The number of ether oxygens (including phenoxy) is 1. The highest BCUT2D eigenvalue weighted by Crippen LogP contribution is 2.35. The Morgan fingerprint density at radius 2 is 1.83 bits per heavy atom. The fourth-order valence-corrected chi connectivity index (χ4v) is 6.24. The Kier molecular flexibility index (Phi) is 8.53. The molecule has 0 saturated heterocycles. The maximum Gasteiger partial charge on any atom is 0.242 e. The molecule has 0 spiro atoms. The zero-order valence-electron chi connectivity index (χ0n) is 21.7. The number of carbonyl (C=O) groups is 2. The second-order valence-corrected chi connectivity index (χ2v) is 11.4. The fourth-order valence-electron chi connectivity index (χ4n) is 5.31. The van der Waals surface area contributed by atoms with Gasteiger partial charge in [-0.2, -0.15) is 0 Å². The SMILES string of the molecule is CC[C@H](C)N(CC(=O)N1CCc2sccc2[C@H]1COc1ccc(C(C)C)cc1)C(=O)C1CCCC1. The van der Waals surface area contributed by atoms with Gasteiger partial charge in [0.1, 0.15) is 18.9 Å². The van der Waals surface area contributed by atoms with E-state index in [9.17, 15) is 9.59 Å². The molecule has 35 heavy (non-hydrogen) atoms. The fraction of sp³-hybridized carbons (Fsp3) is 0.586. The number of fused-ring (bicyclic) bond motifs is 1. The minimum absolute atomic E-state index is 0.0252. The van der Waals surface area contributed by atoms with Crippen molar-refractivity contribution in [1.29, 1.82) is 0 Å². The quantitative estimate of drug-likeness (QED) is 0.416. The summed E-state index contributed by atoms with van der Waals surface area (Å²) in [6.45, 7) is 9.75. The van der Waals surface area contributed by atoms with Crippen LogP contribution >= 0.6 is 11.3 Å². The van der Waals surface area contributed by atoms with Crippen LogP contribution in [0, 0.1) is 5.92 Å². The van der Waals surface area contributed by atoms with E-state index in [1.165, 1.54) is 16.0 Å². The molecular formula is C29H40N2O3S. The van der Waals surface area contributed by atoms with Gasteiger partial charge in [-0.15, -0.1) is 11.3 Å². The maximum absolute atomic E-state index is 13.7. The van der Waals surface area contributed by atoms with E-state index >= 15 is 0 Å². The first-order valence-corrected chi connectivity index (χ1v) is 14.2. The van der Waals surface area contributed by atoms with Crippen molar-refractivity contribution < 1.29 is 14.3 Å². The second-order valence-electron chi connectivity index (χ2n) is 10.4. The molecule has 2 atom stereocenters. The van der Waals surface area contributed by atoms with Gasteiger partial charge in [-0.3, -0.25) is 9.59 Å².